The second kappa shape index (κ2) is 7.38. The van der Waals surface area contributed by atoms with Crippen molar-refractivity contribution in [3.63, 3.8) is 0 Å². The average molecular weight is 332 g/mol. The zero-order valence-corrected chi connectivity index (χ0v) is 13.4. The Morgan fingerprint density at radius 3 is 2.48 bits per heavy atom. The minimum absolute atomic E-state index is 0.00540. The van der Waals surface area contributed by atoms with Gasteiger partial charge in [-0.1, -0.05) is 11.6 Å². The summed E-state index contributed by atoms with van der Waals surface area (Å²) in [5.41, 5.74) is 1.79. The lowest BCUT2D eigenvalue weighted by molar-refractivity contribution is 0.0946. The number of nitrogens with one attached hydrogen (secondary N) is 1. The topological polar surface area (TPSA) is 47.6 Å². The Hall–Kier alpha value is -2.20. The molecule has 0 unspecified atom stereocenters. The first-order chi connectivity index (χ1) is 11.2. The van der Waals surface area contributed by atoms with Crippen LogP contribution >= 0.6 is 11.6 Å². The second-order valence-electron chi connectivity index (χ2n) is 5.33. The molecule has 3 rings (SSSR count). The highest BCUT2D eigenvalue weighted by molar-refractivity contribution is 6.30. The molecule has 0 saturated heterocycles. The number of benzene rings is 2. The molecule has 4 nitrogen and oxygen atoms in total. The minimum Gasteiger partial charge on any atom is -0.493 e. The zero-order valence-electron chi connectivity index (χ0n) is 12.7. The number of halogens is 1. The van der Waals surface area contributed by atoms with E-state index in [2.05, 4.69) is 5.32 Å². The van der Waals surface area contributed by atoms with Crippen LogP contribution in [0.3, 0.4) is 0 Å². The van der Waals surface area contributed by atoms with Gasteiger partial charge in [-0.3, -0.25) is 4.79 Å². The van der Waals surface area contributed by atoms with Crippen molar-refractivity contribution in [3.8, 4) is 11.5 Å². The zero-order chi connectivity index (χ0) is 16.1. The predicted molar refractivity (Wildman–Crippen MR) is 89.5 cm³/mol. The molecule has 1 aliphatic rings. The standard InChI is InChI=1S/C18H18ClNO3/c19-14-2-4-15(5-3-14)22-10-1-11-23-16-6-7-17-13(12-16)8-9-20-18(17)21/h2-7,12H,1,8-11H2,(H,20,21). The molecule has 1 N–H and O–H groups in total. The number of carbonyl (C=O) groups is 1. The van der Waals surface area contributed by atoms with E-state index in [1.54, 1.807) is 12.1 Å². The highest BCUT2D eigenvalue weighted by Crippen LogP contribution is 2.21. The van der Waals surface area contributed by atoms with Gasteiger partial charge in [0.1, 0.15) is 11.5 Å². The smallest absolute Gasteiger partial charge is 0.251 e. The summed E-state index contributed by atoms with van der Waals surface area (Å²) in [6, 6.07) is 12.9. The molecule has 0 atom stereocenters. The van der Waals surface area contributed by atoms with Gasteiger partial charge in [0.2, 0.25) is 0 Å². The molecule has 0 bridgehead atoms. The fourth-order valence-electron chi connectivity index (χ4n) is 2.46. The van der Waals surface area contributed by atoms with Gasteiger partial charge in [-0.15, -0.1) is 0 Å². The molecule has 120 valence electrons. The highest BCUT2D eigenvalue weighted by atomic mass is 35.5. The van der Waals surface area contributed by atoms with Crippen LogP contribution in [0.15, 0.2) is 42.5 Å². The SMILES string of the molecule is O=C1NCCc2cc(OCCCOc3ccc(Cl)cc3)ccc21. The van der Waals surface area contributed by atoms with Crippen LogP contribution in [0.5, 0.6) is 11.5 Å². The molecule has 0 aliphatic carbocycles. The quantitative estimate of drug-likeness (QED) is 0.824. The Morgan fingerprint density at radius 2 is 1.70 bits per heavy atom. The van der Waals surface area contributed by atoms with Crippen LogP contribution in [0.2, 0.25) is 5.02 Å². The first-order valence-electron chi connectivity index (χ1n) is 7.65. The molecule has 5 heteroatoms. The first-order valence-corrected chi connectivity index (χ1v) is 8.02. The molecular formula is C18H18ClNO3. The lowest BCUT2D eigenvalue weighted by Crippen LogP contribution is -2.31. The molecular weight excluding hydrogens is 314 g/mol. The van der Waals surface area contributed by atoms with Gasteiger partial charge >= 0.3 is 0 Å². The van der Waals surface area contributed by atoms with Crippen LogP contribution in [0.4, 0.5) is 0 Å². The van der Waals surface area contributed by atoms with Crippen molar-refractivity contribution < 1.29 is 14.3 Å². The summed E-state index contributed by atoms with van der Waals surface area (Å²) in [6.45, 7) is 1.83. The van der Waals surface area contributed by atoms with Crippen LogP contribution in [-0.4, -0.2) is 25.7 Å². The van der Waals surface area contributed by atoms with Crippen molar-refractivity contribution in [2.75, 3.05) is 19.8 Å². The number of carbonyl (C=O) groups excluding carboxylic acids is 1. The van der Waals surface area contributed by atoms with Crippen molar-refractivity contribution >= 4 is 17.5 Å². The first kappa shape index (κ1) is 15.7. The Balaban J connectivity index is 1.44. The average Bonchev–Trinajstić information content (AvgIpc) is 2.56. The molecule has 0 aromatic heterocycles. The summed E-state index contributed by atoms with van der Waals surface area (Å²) in [6.07, 6.45) is 1.62. The largest absolute Gasteiger partial charge is 0.493 e. The van der Waals surface area contributed by atoms with Gasteiger partial charge in [0.05, 0.1) is 13.2 Å². The number of hydrogen-bond donors (Lipinski definition) is 1. The number of rotatable bonds is 6. The van der Waals surface area contributed by atoms with E-state index in [0.717, 1.165) is 35.5 Å². The lowest BCUT2D eigenvalue weighted by Gasteiger charge is -2.17. The third-order valence-corrected chi connectivity index (χ3v) is 3.89. The number of fused-ring (bicyclic) bond motifs is 1. The van der Waals surface area contributed by atoms with Gasteiger partial charge in [-0.25, -0.2) is 0 Å². The summed E-state index contributed by atoms with van der Waals surface area (Å²) in [7, 11) is 0. The number of hydrogen-bond acceptors (Lipinski definition) is 3. The van der Waals surface area contributed by atoms with Crippen LogP contribution in [-0.2, 0) is 6.42 Å². The molecule has 0 radical (unpaired) electrons. The Morgan fingerprint density at radius 1 is 1.00 bits per heavy atom. The molecule has 0 spiro atoms. The summed E-state index contributed by atoms with van der Waals surface area (Å²) in [5.74, 6) is 1.59. The maximum Gasteiger partial charge on any atom is 0.251 e. The second-order valence-corrected chi connectivity index (χ2v) is 5.77. The van der Waals surface area contributed by atoms with Gasteiger partial charge in [0.25, 0.3) is 5.91 Å². The maximum absolute atomic E-state index is 11.7. The summed E-state index contributed by atoms with van der Waals surface area (Å²) in [4.78, 5) is 11.7. The van der Waals surface area contributed by atoms with E-state index in [1.165, 1.54) is 0 Å². The van der Waals surface area contributed by atoms with E-state index in [0.29, 0.717) is 24.8 Å². The highest BCUT2D eigenvalue weighted by Gasteiger charge is 2.16. The summed E-state index contributed by atoms with van der Waals surface area (Å²) < 4.78 is 11.3. The van der Waals surface area contributed by atoms with Crippen molar-refractivity contribution in [1.29, 1.82) is 0 Å². The van der Waals surface area contributed by atoms with E-state index in [4.69, 9.17) is 21.1 Å². The van der Waals surface area contributed by atoms with Crippen molar-refractivity contribution in [2.45, 2.75) is 12.8 Å². The van der Waals surface area contributed by atoms with E-state index < -0.39 is 0 Å². The fourth-order valence-corrected chi connectivity index (χ4v) is 2.59. The van der Waals surface area contributed by atoms with Gasteiger partial charge in [0.15, 0.2) is 0 Å². The van der Waals surface area contributed by atoms with Gasteiger partial charge in [0, 0.05) is 23.6 Å². The van der Waals surface area contributed by atoms with Crippen LogP contribution in [0.25, 0.3) is 0 Å². The predicted octanol–water partition coefficient (Wildman–Crippen LogP) is 3.47. The monoisotopic (exact) mass is 331 g/mol. The third kappa shape index (κ3) is 4.17. The van der Waals surface area contributed by atoms with Crippen molar-refractivity contribution in [3.05, 3.63) is 58.6 Å². The Kier molecular flexibility index (Phi) is 5.03. The Bertz CT molecular complexity index is 685. The van der Waals surface area contributed by atoms with Gasteiger partial charge < -0.3 is 14.8 Å². The van der Waals surface area contributed by atoms with Crippen molar-refractivity contribution in [1.82, 2.24) is 5.32 Å². The van der Waals surface area contributed by atoms with E-state index in [9.17, 15) is 4.79 Å². The molecule has 0 saturated carbocycles. The maximum atomic E-state index is 11.7. The van der Waals surface area contributed by atoms with Crippen molar-refractivity contribution in [2.24, 2.45) is 0 Å². The third-order valence-electron chi connectivity index (χ3n) is 3.64. The number of ether oxygens (including phenoxy) is 2. The van der Waals surface area contributed by atoms with E-state index in [1.807, 2.05) is 30.3 Å². The normalized spacial score (nSPS) is 13.2. The Labute approximate surface area is 140 Å². The molecule has 2 aromatic rings. The molecule has 2 aromatic carbocycles. The van der Waals surface area contributed by atoms with Gasteiger partial charge in [-0.05, 0) is 54.4 Å². The minimum atomic E-state index is -0.00540. The van der Waals surface area contributed by atoms with Crippen LogP contribution < -0.4 is 14.8 Å². The van der Waals surface area contributed by atoms with Gasteiger partial charge in [-0.2, -0.15) is 0 Å². The van der Waals surface area contributed by atoms with E-state index >= 15 is 0 Å². The molecule has 1 aliphatic heterocycles. The molecule has 1 heterocycles. The van der Waals surface area contributed by atoms with Crippen LogP contribution in [0.1, 0.15) is 22.3 Å². The molecule has 23 heavy (non-hydrogen) atoms. The summed E-state index contributed by atoms with van der Waals surface area (Å²) in [5, 5.41) is 3.53. The molecule has 1 amide bonds. The lowest BCUT2D eigenvalue weighted by atomic mass is 10.0. The fraction of sp³-hybridized carbons (Fsp3) is 0.278. The van der Waals surface area contributed by atoms with Crippen LogP contribution in [0, 0.1) is 0 Å². The summed E-state index contributed by atoms with van der Waals surface area (Å²) >= 11 is 5.82. The molecule has 0 fully saturated rings. The van der Waals surface area contributed by atoms with E-state index in [-0.39, 0.29) is 5.91 Å². The number of amides is 1.